The molecule has 0 bridgehead atoms. The lowest BCUT2D eigenvalue weighted by Crippen LogP contribution is -2.02. The van der Waals surface area contributed by atoms with Crippen molar-refractivity contribution < 1.29 is 14.4 Å². The maximum Gasteiger partial charge on any atom is 0.270 e. The van der Waals surface area contributed by atoms with Gasteiger partial charge in [-0.15, -0.1) is 0 Å². The van der Waals surface area contributed by atoms with E-state index in [1.165, 1.54) is 12.1 Å². The molecule has 2 rings (SSSR count). The van der Waals surface area contributed by atoms with Crippen LogP contribution in [0.1, 0.15) is 12.7 Å². The predicted molar refractivity (Wildman–Crippen MR) is 73.9 cm³/mol. The minimum absolute atomic E-state index is 0.0198. The number of nitro groups is 1. The van der Waals surface area contributed by atoms with Gasteiger partial charge in [-0.2, -0.15) is 0 Å². The lowest BCUT2D eigenvalue weighted by atomic mass is 10.1. The van der Waals surface area contributed by atoms with Crippen molar-refractivity contribution in [1.29, 1.82) is 0 Å². The third-order valence-electron chi connectivity index (χ3n) is 2.59. The van der Waals surface area contributed by atoms with Crippen LogP contribution in [-0.4, -0.2) is 16.1 Å². The third kappa shape index (κ3) is 3.21. The van der Waals surface area contributed by atoms with E-state index in [9.17, 15) is 15.2 Å². The number of hydrogen-bond acceptors (Lipinski definition) is 4. The van der Waals surface area contributed by atoms with Crippen molar-refractivity contribution in [3.8, 4) is 11.3 Å². The van der Waals surface area contributed by atoms with Gasteiger partial charge in [0, 0.05) is 28.6 Å². The highest BCUT2D eigenvalue weighted by atomic mass is 79.9. The van der Waals surface area contributed by atoms with Gasteiger partial charge in [-0.25, -0.2) is 0 Å². The molecule has 0 aliphatic heterocycles. The van der Waals surface area contributed by atoms with E-state index in [1.807, 2.05) is 0 Å². The summed E-state index contributed by atoms with van der Waals surface area (Å²) < 4.78 is 6.20. The standard InChI is InChI=1S/C13H12BrNO4/c1-8(16)6-10-3-5-13(19-10)11-4-2-9(15(17)18)7-12(11)14/h2-5,7-8,16H,6H2,1H3. The molecule has 1 heterocycles. The number of furan rings is 1. The number of benzene rings is 1. The summed E-state index contributed by atoms with van der Waals surface area (Å²) in [5.74, 6) is 1.28. The minimum atomic E-state index is -0.473. The molecule has 6 heteroatoms. The lowest BCUT2D eigenvalue weighted by molar-refractivity contribution is -0.384. The molecular weight excluding hydrogens is 314 g/mol. The van der Waals surface area contributed by atoms with Gasteiger partial charge in [0.2, 0.25) is 0 Å². The van der Waals surface area contributed by atoms with Crippen molar-refractivity contribution in [2.45, 2.75) is 19.4 Å². The Bertz CT molecular complexity index is 606. The van der Waals surface area contributed by atoms with Crippen molar-refractivity contribution in [2.75, 3.05) is 0 Å². The fourth-order valence-corrected chi connectivity index (χ4v) is 2.30. The first-order valence-corrected chi connectivity index (χ1v) is 6.48. The molecule has 0 radical (unpaired) electrons. The van der Waals surface area contributed by atoms with Crippen LogP contribution in [0.5, 0.6) is 0 Å². The lowest BCUT2D eigenvalue weighted by Gasteiger charge is -2.02. The summed E-state index contributed by atoms with van der Waals surface area (Å²) in [5, 5.41) is 20.0. The van der Waals surface area contributed by atoms with Crippen LogP contribution in [-0.2, 0) is 6.42 Å². The van der Waals surface area contributed by atoms with Gasteiger partial charge in [0.05, 0.1) is 11.0 Å². The van der Waals surface area contributed by atoms with E-state index in [0.29, 0.717) is 22.4 Å². The molecule has 0 spiro atoms. The highest BCUT2D eigenvalue weighted by Gasteiger charge is 2.13. The topological polar surface area (TPSA) is 76.5 Å². The molecule has 1 unspecified atom stereocenters. The van der Waals surface area contributed by atoms with Gasteiger partial charge in [0.15, 0.2) is 0 Å². The van der Waals surface area contributed by atoms with Gasteiger partial charge in [0.25, 0.3) is 5.69 Å². The Kier molecular flexibility index (Phi) is 4.01. The summed E-state index contributed by atoms with van der Waals surface area (Å²) in [5.41, 5.74) is 0.758. The van der Waals surface area contributed by atoms with E-state index in [0.717, 1.165) is 5.56 Å². The van der Waals surface area contributed by atoms with Crippen LogP contribution in [0.25, 0.3) is 11.3 Å². The molecule has 1 aromatic heterocycles. The van der Waals surface area contributed by atoms with Crippen LogP contribution in [0.3, 0.4) is 0 Å². The van der Waals surface area contributed by atoms with E-state index in [4.69, 9.17) is 4.42 Å². The van der Waals surface area contributed by atoms with Gasteiger partial charge >= 0.3 is 0 Å². The Labute approximate surface area is 118 Å². The quantitative estimate of drug-likeness (QED) is 0.689. The average Bonchev–Trinajstić information content (AvgIpc) is 2.76. The molecule has 5 nitrogen and oxygen atoms in total. The molecule has 0 aliphatic carbocycles. The summed E-state index contributed by atoms with van der Waals surface area (Å²) in [4.78, 5) is 10.2. The van der Waals surface area contributed by atoms with Crippen molar-refractivity contribution in [2.24, 2.45) is 0 Å². The van der Waals surface area contributed by atoms with Crippen molar-refractivity contribution >= 4 is 21.6 Å². The van der Waals surface area contributed by atoms with Gasteiger partial charge in [-0.05, 0) is 41.1 Å². The number of aliphatic hydroxyl groups is 1. The van der Waals surface area contributed by atoms with Crippen LogP contribution in [0.2, 0.25) is 0 Å². The fourth-order valence-electron chi connectivity index (χ4n) is 1.74. The van der Waals surface area contributed by atoms with Gasteiger partial charge < -0.3 is 9.52 Å². The zero-order chi connectivity index (χ0) is 14.0. The third-order valence-corrected chi connectivity index (χ3v) is 3.24. The van der Waals surface area contributed by atoms with E-state index in [-0.39, 0.29) is 5.69 Å². The Morgan fingerprint density at radius 1 is 1.42 bits per heavy atom. The highest BCUT2D eigenvalue weighted by Crippen LogP contribution is 2.32. The van der Waals surface area contributed by atoms with Crippen LogP contribution in [0.4, 0.5) is 5.69 Å². The molecule has 19 heavy (non-hydrogen) atoms. The summed E-state index contributed by atoms with van der Waals surface area (Å²) in [6, 6.07) is 8.07. The number of hydrogen-bond donors (Lipinski definition) is 1. The maximum absolute atomic E-state index is 10.7. The Hall–Kier alpha value is -1.66. The van der Waals surface area contributed by atoms with E-state index < -0.39 is 11.0 Å². The second-order valence-electron chi connectivity index (χ2n) is 4.24. The molecule has 0 fully saturated rings. The van der Waals surface area contributed by atoms with Crippen LogP contribution in [0, 0.1) is 10.1 Å². The van der Waals surface area contributed by atoms with Gasteiger partial charge in [-0.3, -0.25) is 10.1 Å². The van der Waals surface area contributed by atoms with E-state index in [2.05, 4.69) is 15.9 Å². The largest absolute Gasteiger partial charge is 0.461 e. The first-order chi connectivity index (χ1) is 8.97. The van der Waals surface area contributed by atoms with E-state index in [1.54, 1.807) is 25.1 Å². The summed E-state index contributed by atoms with van der Waals surface area (Å²) in [6.45, 7) is 1.68. The molecule has 1 atom stereocenters. The van der Waals surface area contributed by atoms with Gasteiger partial charge in [-0.1, -0.05) is 0 Å². The summed E-state index contributed by atoms with van der Waals surface area (Å²) in [7, 11) is 0. The predicted octanol–water partition coefficient (Wildman–Crippen LogP) is 3.54. The molecule has 1 aromatic carbocycles. The Morgan fingerprint density at radius 2 is 2.16 bits per heavy atom. The van der Waals surface area contributed by atoms with E-state index >= 15 is 0 Å². The molecule has 1 N–H and O–H groups in total. The first-order valence-electron chi connectivity index (χ1n) is 5.68. The smallest absolute Gasteiger partial charge is 0.270 e. The molecule has 0 saturated carbocycles. The number of aliphatic hydroxyl groups excluding tert-OH is 1. The second kappa shape index (κ2) is 5.54. The average molecular weight is 326 g/mol. The van der Waals surface area contributed by atoms with Crippen LogP contribution < -0.4 is 0 Å². The second-order valence-corrected chi connectivity index (χ2v) is 5.09. The van der Waals surface area contributed by atoms with Crippen LogP contribution in [0.15, 0.2) is 39.2 Å². The number of nitro benzene ring substituents is 1. The number of rotatable bonds is 4. The van der Waals surface area contributed by atoms with Crippen molar-refractivity contribution in [3.63, 3.8) is 0 Å². The van der Waals surface area contributed by atoms with Gasteiger partial charge in [0.1, 0.15) is 11.5 Å². The minimum Gasteiger partial charge on any atom is -0.461 e. The monoisotopic (exact) mass is 325 g/mol. The molecule has 2 aromatic rings. The first kappa shape index (κ1) is 13.8. The fraction of sp³-hybridized carbons (Fsp3) is 0.231. The zero-order valence-corrected chi connectivity index (χ0v) is 11.8. The molecule has 0 saturated heterocycles. The van der Waals surface area contributed by atoms with Crippen molar-refractivity contribution in [1.82, 2.24) is 0 Å². The molecule has 0 amide bonds. The van der Waals surface area contributed by atoms with Crippen molar-refractivity contribution in [3.05, 3.63) is 50.7 Å². The number of halogens is 1. The Morgan fingerprint density at radius 3 is 2.74 bits per heavy atom. The summed E-state index contributed by atoms with van der Waals surface area (Å²) >= 11 is 3.30. The molecule has 0 aliphatic rings. The SMILES string of the molecule is CC(O)Cc1ccc(-c2ccc([N+](=O)[O-])cc2Br)o1. The Balaban J connectivity index is 2.31. The number of non-ortho nitro benzene ring substituents is 1. The normalized spacial score (nSPS) is 12.4. The highest BCUT2D eigenvalue weighted by molar-refractivity contribution is 9.10. The summed E-state index contributed by atoms with van der Waals surface area (Å²) in [6.07, 6.45) is -0.0377. The molecular formula is C13H12BrNO4. The maximum atomic E-state index is 10.7. The molecule has 100 valence electrons. The van der Waals surface area contributed by atoms with Crippen LogP contribution >= 0.6 is 15.9 Å². The zero-order valence-electron chi connectivity index (χ0n) is 10.2. The number of nitrogens with zero attached hydrogens (tertiary/aromatic N) is 1.